The van der Waals surface area contributed by atoms with E-state index >= 15 is 0 Å². The average Bonchev–Trinajstić information content (AvgIpc) is 2.24. The third-order valence-corrected chi connectivity index (χ3v) is 2.43. The number of hydrogen-bond donors (Lipinski definition) is 1. The van der Waals surface area contributed by atoms with Crippen molar-refractivity contribution in [2.75, 3.05) is 0 Å². The van der Waals surface area contributed by atoms with E-state index in [1.54, 1.807) is 24.3 Å². The molecule has 1 aliphatic carbocycles. The molecule has 1 aromatic rings. The molecule has 1 nitrogen and oxygen atoms in total. The molecule has 1 unspecified atom stereocenters. The third kappa shape index (κ3) is 1.55. The molecule has 0 radical (unpaired) electrons. The monoisotopic (exact) mass is 189 g/mol. The predicted octanol–water partition coefficient (Wildman–Crippen LogP) is 2.65. The zero-order valence-electron chi connectivity index (χ0n) is 7.78. The van der Waals surface area contributed by atoms with Gasteiger partial charge >= 0.3 is 0 Å². The van der Waals surface area contributed by atoms with Gasteiger partial charge in [0.2, 0.25) is 0 Å². The van der Waals surface area contributed by atoms with Gasteiger partial charge in [0.1, 0.15) is 0 Å². The van der Waals surface area contributed by atoms with Gasteiger partial charge in [-0.3, -0.25) is 0 Å². The molecule has 14 heavy (non-hydrogen) atoms. The van der Waals surface area contributed by atoms with E-state index < -0.39 is 5.67 Å². The minimum Gasteiger partial charge on any atom is -0.399 e. The molecular formula is C12H12FN. The van der Waals surface area contributed by atoms with E-state index in [0.29, 0.717) is 17.7 Å². The van der Waals surface area contributed by atoms with E-state index in [9.17, 15) is 4.39 Å². The summed E-state index contributed by atoms with van der Waals surface area (Å²) in [5.41, 5.74) is 5.47. The number of alkyl halides is 1. The lowest BCUT2D eigenvalue weighted by molar-refractivity contribution is 0.235. The summed E-state index contributed by atoms with van der Waals surface area (Å²) in [6.07, 6.45) is 5.18. The molecule has 1 aliphatic rings. The van der Waals surface area contributed by atoms with E-state index in [0.717, 1.165) is 0 Å². The molecule has 0 amide bonds. The van der Waals surface area contributed by atoms with Gasteiger partial charge in [-0.15, -0.1) is 0 Å². The maximum atomic E-state index is 14.3. The summed E-state index contributed by atoms with van der Waals surface area (Å²) in [7, 11) is 0. The van der Waals surface area contributed by atoms with Gasteiger partial charge in [-0.05, 0) is 17.7 Å². The maximum Gasteiger partial charge on any atom is 0.158 e. The van der Waals surface area contributed by atoms with Crippen LogP contribution >= 0.6 is 0 Å². The quantitative estimate of drug-likeness (QED) is 0.722. The highest BCUT2D eigenvalue weighted by molar-refractivity contribution is 5.34. The van der Waals surface area contributed by atoms with Crippen LogP contribution in [0, 0.1) is 0 Å². The van der Waals surface area contributed by atoms with Crippen LogP contribution in [0.4, 0.5) is 4.39 Å². The Morgan fingerprint density at radius 1 is 1.21 bits per heavy atom. The largest absolute Gasteiger partial charge is 0.399 e. The highest BCUT2D eigenvalue weighted by atomic mass is 19.1. The first kappa shape index (κ1) is 9.00. The Morgan fingerprint density at radius 3 is 2.50 bits per heavy atom. The fourth-order valence-electron chi connectivity index (χ4n) is 1.56. The molecule has 0 aromatic heterocycles. The molecule has 0 aliphatic heterocycles. The Morgan fingerprint density at radius 2 is 1.93 bits per heavy atom. The second kappa shape index (κ2) is 3.29. The Bertz CT molecular complexity index is 381. The van der Waals surface area contributed by atoms with Crippen LogP contribution in [0.25, 0.3) is 0 Å². The van der Waals surface area contributed by atoms with E-state index in [1.807, 2.05) is 18.2 Å². The highest BCUT2D eigenvalue weighted by Crippen LogP contribution is 2.34. The zero-order chi connectivity index (χ0) is 10.0. The molecule has 2 heteroatoms. The van der Waals surface area contributed by atoms with Gasteiger partial charge < -0.3 is 5.73 Å². The lowest BCUT2D eigenvalue weighted by Crippen LogP contribution is -2.19. The fourth-order valence-corrected chi connectivity index (χ4v) is 1.56. The van der Waals surface area contributed by atoms with Gasteiger partial charge in [0.15, 0.2) is 5.67 Å². The summed E-state index contributed by atoms with van der Waals surface area (Å²) in [5.74, 6) is 0. The Kier molecular flexibility index (Phi) is 2.12. The lowest BCUT2D eigenvalue weighted by Gasteiger charge is -2.23. The highest BCUT2D eigenvalue weighted by Gasteiger charge is 2.29. The van der Waals surface area contributed by atoms with E-state index in [4.69, 9.17) is 5.73 Å². The zero-order valence-corrected chi connectivity index (χ0v) is 7.78. The van der Waals surface area contributed by atoms with Crippen LogP contribution in [0.15, 0.2) is 54.3 Å². The Labute approximate surface area is 82.7 Å². The molecule has 0 spiro atoms. The van der Waals surface area contributed by atoms with Crippen molar-refractivity contribution < 1.29 is 4.39 Å². The summed E-state index contributed by atoms with van der Waals surface area (Å²) in [6, 6.07) is 9.14. The fraction of sp³-hybridized carbons (Fsp3) is 0.167. The van der Waals surface area contributed by atoms with Gasteiger partial charge in [-0.1, -0.05) is 36.4 Å². The number of halogens is 1. The second-order valence-electron chi connectivity index (χ2n) is 3.47. The van der Waals surface area contributed by atoms with E-state index in [2.05, 4.69) is 0 Å². The molecule has 0 saturated heterocycles. The lowest BCUT2D eigenvalue weighted by atomic mass is 9.89. The normalized spacial score (nSPS) is 25.9. The van der Waals surface area contributed by atoms with Gasteiger partial charge in [0.25, 0.3) is 0 Å². The molecule has 0 saturated carbocycles. The molecule has 72 valence electrons. The number of hydrogen-bond acceptors (Lipinski definition) is 1. The van der Waals surface area contributed by atoms with Crippen molar-refractivity contribution in [2.45, 2.75) is 12.1 Å². The molecule has 0 fully saturated rings. The molecule has 2 rings (SSSR count). The van der Waals surface area contributed by atoms with Gasteiger partial charge in [-0.2, -0.15) is 0 Å². The SMILES string of the molecule is NC1=CCC(F)(c2ccccc2)C=C1. The number of allylic oxidation sites excluding steroid dienone is 3. The maximum absolute atomic E-state index is 14.3. The summed E-state index contributed by atoms with van der Waals surface area (Å²) < 4.78 is 14.3. The summed E-state index contributed by atoms with van der Waals surface area (Å²) in [5, 5.41) is 0. The van der Waals surface area contributed by atoms with Crippen LogP contribution in [0.5, 0.6) is 0 Å². The van der Waals surface area contributed by atoms with Crippen LogP contribution in [0.3, 0.4) is 0 Å². The third-order valence-electron chi connectivity index (χ3n) is 2.43. The summed E-state index contributed by atoms with van der Waals surface area (Å²) in [4.78, 5) is 0. The first-order chi connectivity index (χ1) is 6.71. The smallest absolute Gasteiger partial charge is 0.158 e. The Balaban J connectivity index is 2.32. The molecule has 0 heterocycles. The molecule has 2 N–H and O–H groups in total. The Hall–Kier alpha value is -1.57. The second-order valence-corrected chi connectivity index (χ2v) is 3.47. The molecule has 0 bridgehead atoms. The number of benzene rings is 1. The van der Waals surface area contributed by atoms with Crippen molar-refractivity contribution in [1.29, 1.82) is 0 Å². The van der Waals surface area contributed by atoms with Crippen molar-refractivity contribution in [1.82, 2.24) is 0 Å². The van der Waals surface area contributed by atoms with Crippen LogP contribution < -0.4 is 5.73 Å². The van der Waals surface area contributed by atoms with Gasteiger partial charge in [0, 0.05) is 12.1 Å². The number of rotatable bonds is 1. The predicted molar refractivity (Wildman–Crippen MR) is 55.3 cm³/mol. The van der Waals surface area contributed by atoms with Gasteiger partial charge in [-0.25, -0.2) is 4.39 Å². The van der Waals surface area contributed by atoms with Crippen molar-refractivity contribution in [3.05, 3.63) is 59.8 Å². The van der Waals surface area contributed by atoms with Crippen molar-refractivity contribution >= 4 is 0 Å². The van der Waals surface area contributed by atoms with Crippen LogP contribution in [-0.4, -0.2) is 0 Å². The van der Waals surface area contributed by atoms with Crippen LogP contribution in [0.2, 0.25) is 0 Å². The average molecular weight is 189 g/mol. The topological polar surface area (TPSA) is 26.0 Å². The summed E-state index contributed by atoms with van der Waals surface area (Å²) >= 11 is 0. The van der Waals surface area contributed by atoms with Gasteiger partial charge in [0.05, 0.1) is 0 Å². The summed E-state index contributed by atoms with van der Waals surface area (Å²) in [6.45, 7) is 0. The molecule has 1 aromatic carbocycles. The van der Waals surface area contributed by atoms with E-state index in [-0.39, 0.29) is 0 Å². The molecular weight excluding hydrogens is 177 g/mol. The minimum absolute atomic E-state index is 0.319. The standard InChI is InChI=1S/C12H12FN/c13-12(8-6-11(14)7-9-12)10-4-2-1-3-5-10/h1-8H,9,14H2. The molecule has 1 atom stereocenters. The van der Waals surface area contributed by atoms with Crippen LogP contribution in [-0.2, 0) is 5.67 Å². The minimum atomic E-state index is -1.38. The van der Waals surface area contributed by atoms with Crippen LogP contribution in [0.1, 0.15) is 12.0 Å². The van der Waals surface area contributed by atoms with Crippen molar-refractivity contribution in [2.24, 2.45) is 5.73 Å². The first-order valence-corrected chi connectivity index (χ1v) is 4.60. The first-order valence-electron chi connectivity index (χ1n) is 4.60. The van der Waals surface area contributed by atoms with E-state index in [1.165, 1.54) is 6.08 Å². The van der Waals surface area contributed by atoms with Crippen molar-refractivity contribution in [3.63, 3.8) is 0 Å². The number of nitrogens with two attached hydrogens (primary N) is 1. The van der Waals surface area contributed by atoms with Crippen molar-refractivity contribution in [3.8, 4) is 0 Å².